The van der Waals surface area contributed by atoms with Crippen molar-refractivity contribution < 1.29 is 19.1 Å². The van der Waals surface area contributed by atoms with Gasteiger partial charge in [-0.1, -0.05) is 19.8 Å². The minimum atomic E-state index is -1.21. The monoisotopic (exact) mass is 298 g/mol. The Labute approximate surface area is 126 Å². The van der Waals surface area contributed by atoms with Crippen LogP contribution in [0.5, 0.6) is 0 Å². The first-order valence-corrected chi connectivity index (χ1v) is 7.75. The van der Waals surface area contributed by atoms with Gasteiger partial charge >= 0.3 is 5.97 Å². The van der Waals surface area contributed by atoms with Gasteiger partial charge in [0.2, 0.25) is 5.91 Å². The number of nitrogens with one attached hydrogen (secondary N) is 1. The molecule has 0 aromatic heterocycles. The van der Waals surface area contributed by atoms with Crippen molar-refractivity contribution in [2.24, 2.45) is 5.92 Å². The molecule has 1 saturated carbocycles. The van der Waals surface area contributed by atoms with Crippen LogP contribution in [-0.4, -0.2) is 42.0 Å². The van der Waals surface area contributed by atoms with E-state index in [1.54, 1.807) is 4.90 Å². The van der Waals surface area contributed by atoms with Gasteiger partial charge < -0.3 is 15.0 Å². The maximum atomic E-state index is 12.4. The Kier molecular flexibility index (Phi) is 7.19. The Hall–Kier alpha value is -1.59. The fourth-order valence-corrected chi connectivity index (χ4v) is 2.56. The summed E-state index contributed by atoms with van der Waals surface area (Å²) in [7, 11) is 0. The Bertz CT molecular complexity index is 378. The van der Waals surface area contributed by atoms with E-state index in [0.717, 1.165) is 32.1 Å². The summed E-state index contributed by atoms with van der Waals surface area (Å²) in [5, 5.41) is 2.43. The van der Waals surface area contributed by atoms with Crippen molar-refractivity contribution in [1.29, 1.82) is 0 Å². The fourth-order valence-electron chi connectivity index (χ4n) is 2.56. The van der Waals surface area contributed by atoms with E-state index in [2.05, 4.69) is 5.32 Å². The zero-order chi connectivity index (χ0) is 15.8. The second-order valence-corrected chi connectivity index (χ2v) is 5.42. The molecule has 0 spiro atoms. The molecule has 1 unspecified atom stereocenters. The third kappa shape index (κ3) is 5.36. The number of rotatable bonds is 7. The molecule has 21 heavy (non-hydrogen) atoms. The molecular weight excluding hydrogens is 272 g/mol. The van der Waals surface area contributed by atoms with Crippen LogP contribution in [0.1, 0.15) is 52.9 Å². The molecule has 2 amide bonds. The number of hydrogen-bond acceptors (Lipinski definition) is 4. The van der Waals surface area contributed by atoms with E-state index in [1.807, 2.05) is 13.8 Å². The molecular formula is C15H26N2O4. The number of hydrogen-bond donors (Lipinski definition) is 1. The van der Waals surface area contributed by atoms with Gasteiger partial charge in [-0.2, -0.15) is 0 Å². The van der Waals surface area contributed by atoms with Crippen molar-refractivity contribution in [3.8, 4) is 0 Å². The number of carbonyl (C=O) groups excluding carboxylic acids is 3. The molecule has 0 radical (unpaired) electrons. The van der Waals surface area contributed by atoms with Crippen LogP contribution in [0.3, 0.4) is 0 Å². The van der Waals surface area contributed by atoms with Crippen LogP contribution in [-0.2, 0) is 19.1 Å². The predicted molar refractivity (Wildman–Crippen MR) is 78.2 cm³/mol. The van der Waals surface area contributed by atoms with Crippen molar-refractivity contribution in [3.05, 3.63) is 0 Å². The van der Waals surface area contributed by atoms with E-state index in [-0.39, 0.29) is 23.7 Å². The zero-order valence-corrected chi connectivity index (χ0v) is 13.2. The first-order valence-electron chi connectivity index (χ1n) is 7.75. The van der Waals surface area contributed by atoms with E-state index in [0.29, 0.717) is 13.1 Å². The highest BCUT2D eigenvalue weighted by atomic mass is 16.6. The largest absolute Gasteiger partial charge is 0.432 e. The molecule has 1 aliphatic rings. The maximum Gasteiger partial charge on any atom is 0.311 e. The molecule has 1 rings (SSSR count). The molecule has 6 nitrogen and oxygen atoms in total. The number of ether oxygens (including phenoxy) is 1. The fraction of sp³-hybridized carbons (Fsp3) is 0.800. The summed E-state index contributed by atoms with van der Waals surface area (Å²) in [5.41, 5.74) is 0. The van der Waals surface area contributed by atoms with Crippen molar-refractivity contribution in [2.75, 3.05) is 13.1 Å². The Morgan fingerprint density at radius 3 is 2.33 bits per heavy atom. The van der Waals surface area contributed by atoms with Crippen LogP contribution in [0.2, 0.25) is 0 Å². The first-order chi connectivity index (χ1) is 9.99. The van der Waals surface area contributed by atoms with Crippen LogP contribution in [0, 0.1) is 5.92 Å². The highest BCUT2D eigenvalue weighted by molar-refractivity contribution is 5.88. The molecule has 120 valence electrons. The minimum Gasteiger partial charge on any atom is -0.432 e. The van der Waals surface area contributed by atoms with E-state index < -0.39 is 6.23 Å². The first kappa shape index (κ1) is 17.5. The van der Waals surface area contributed by atoms with Gasteiger partial charge in [-0.15, -0.1) is 0 Å². The van der Waals surface area contributed by atoms with Crippen molar-refractivity contribution >= 4 is 17.8 Å². The van der Waals surface area contributed by atoms with Gasteiger partial charge in [-0.05, 0) is 26.2 Å². The number of nitrogens with zero attached hydrogens (tertiary/aromatic N) is 1. The number of likely N-dealkylation sites (N-methyl/N-ethyl adjacent to an activating group) is 1. The highest BCUT2D eigenvalue weighted by Crippen LogP contribution is 2.26. The van der Waals surface area contributed by atoms with Gasteiger partial charge in [-0.25, -0.2) is 0 Å². The predicted octanol–water partition coefficient (Wildman–Crippen LogP) is 1.44. The van der Waals surface area contributed by atoms with Crippen molar-refractivity contribution in [1.82, 2.24) is 10.2 Å². The van der Waals surface area contributed by atoms with Crippen LogP contribution in [0.4, 0.5) is 0 Å². The SMILES string of the molecule is CCCN(CC)C(=O)C(NC(C)=O)OC(=O)C1CCCC1. The van der Waals surface area contributed by atoms with E-state index in [9.17, 15) is 14.4 Å². The lowest BCUT2D eigenvalue weighted by Crippen LogP contribution is -2.51. The Balaban J connectivity index is 2.71. The van der Waals surface area contributed by atoms with Gasteiger partial charge in [0.25, 0.3) is 12.1 Å². The van der Waals surface area contributed by atoms with E-state index in [4.69, 9.17) is 4.74 Å². The van der Waals surface area contributed by atoms with Gasteiger partial charge in [0.05, 0.1) is 5.92 Å². The smallest absolute Gasteiger partial charge is 0.311 e. The summed E-state index contributed by atoms with van der Waals surface area (Å²) in [6.45, 7) is 6.22. The summed E-state index contributed by atoms with van der Waals surface area (Å²) >= 11 is 0. The lowest BCUT2D eigenvalue weighted by molar-refractivity contribution is -0.167. The summed E-state index contributed by atoms with van der Waals surface area (Å²) in [4.78, 5) is 37.3. The van der Waals surface area contributed by atoms with Crippen LogP contribution >= 0.6 is 0 Å². The Morgan fingerprint density at radius 2 is 1.86 bits per heavy atom. The molecule has 6 heteroatoms. The summed E-state index contributed by atoms with van der Waals surface area (Å²) in [6, 6.07) is 0. The van der Waals surface area contributed by atoms with Gasteiger partial charge in [0.1, 0.15) is 0 Å². The second kappa shape index (κ2) is 8.64. The number of esters is 1. The van der Waals surface area contributed by atoms with Gasteiger partial charge in [-0.3, -0.25) is 14.4 Å². The zero-order valence-electron chi connectivity index (χ0n) is 13.2. The minimum absolute atomic E-state index is 0.143. The third-order valence-corrected chi connectivity index (χ3v) is 3.67. The maximum absolute atomic E-state index is 12.4. The van der Waals surface area contributed by atoms with Crippen LogP contribution in [0.25, 0.3) is 0 Å². The molecule has 0 aliphatic heterocycles. The molecule has 1 N–H and O–H groups in total. The summed E-state index contributed by atoms with van der Waals surface area (Å²) < 4.78 is 5.27. The van der Waals surface area contributed by atoms with Crippen LogP contribution < -0.4 is 5.32 Å². The highest BCUT2D eigenvalue weighted by Gasteiger charge is 2.31. The average Bonchev–Trinajstić information content (AvgIpc) is 2.97. The standard InChI is InChI=1S/C15H26N2O4/c1-4-10-17(5-2)14(19)13(16-11(3)18)21-15(20)12-8-6-7-9-12/h12-13H,4-10H2,1-3H3,(H,16,18). The topological polar surface area (TPSA) is 75.7 Å². The van der Waals surface area contributed by atoms with Gasteiger partial charge in [0, 0.05) is 20.0 Å². The molecule has 0 aromatic carbocycles. The van der Waals surface area contributed by atoms with E-state index in [1.165, 1.54) is 6.92 Å². The van der Waals surface area contributed by atoms with Crippen molar-refractivity contribution in [3.63, 3.8) is 0 Å². The van der Waals surface area contributed by atoms with Crippen LogP contribution in [0.15, 0.2) is 0 Å². The molecule has 1 aliphatic carbocycles. The number of carbonyl (C=O) groups is 3. The molecule has 1 atom stereocenters. The lowest BCUT2D eigenvalue weighted by Gasteiger charge is -2.26. The second-order valence-electron chi connectivity index (χ2n) is 5.42. The lowest BCUT2D eigenvalue weighted by atomic mass is 10.1. The average molecular weight is 298 g/mol. The summed E-state index contributed by atoms with van der Waals surface area (Å²) in [6.07, 6.45) is 3.22. The molecule has 1 fully saturated rings. The summed E-state index contributed by atoms with van der Waals surface area (Å²) in [5.74, 6) is -1.27. The Morgan fingerprint density at radius 1 is 1.24 bits per heavy atom. The van der Waals surface area contributed by atoms with E-state index >= 15 is 0 Å². The van der Waals surface area contributed by atoms with Gasteiger partial charge in [0.15, 0.2) is 0 Å². The molecule has 0 saturated heterocycles. The van der Waals surface area contributed by atoms with Crippen molar-refractivity contribution in [2.45, 2.75) is 59.1 Å². The molecule has 0 bridgehead atoms. The third-order valence-electron chi connectivity index (χ3n) is 3.67. The number of amides is 2. The normalized spacial score (nSPS) is 16.3. The quantitative estimate of drug-likeness (QED) is 0.570. The molecule has 0 aromatic rings. The molecule has 0 heterocycles.